The summed E-state index contributed by atoms with van der Waals surface area (Å²) in [5, 5.41) is 15.5. The van der Waals surface area contributed by atoms with Gasteiger partial charge in [-0.15, -0.1) is 0 Å². The van der Waals surface area contributed by atoms with Gasteiger partial charge in [0.05, 0.1) is 0 Å². The van der Waals surface area contributed by atoms with Crippen LogP contribution in [0.5, 0.6) is 5.75 Å². The Bertz CT molecular complexity index is 1030. The Morgan fingerprint density at radius 1 is 1.18 bits per heavy atom. The molecule has 2 aromatic carbocycles. The Morgan fingerprint density at radius 3 is 2.50 bits per heavy atom. The smallest absolute Gasteiger partial charge is 0.267 e. The highest BCUT2D eigenvalue weighted by atomic mass is 16.5. The Hall–Kier alpha value is -3.85. The summed E-state index contributed by atoms with van der Waals surface area (Å²) in [7, 11) is 0. The highest BCUT2D eigenvalue weighted by Gasteiger charge is 2.11. The first kappa shape index (κ1) is 18.9. The van der Waals surface area contributed by atoms with Crippen LogP contribution < -0.4 is 10.1 Å². The number of nitrogens with zero attached hydrogens (tertiary/aromatic N) is 2. The van der Waals surface area contributed by atoms with Crippen molar-refractivity contribution in [2.24, 2.45) is 0 Å². The molecule has 0 aliphatic heterocycles. The number of amides is 1. The minimum absolute atomic E-state index is 0.0334. The third-order valence-corrected chi connectivity index (χ3v) is 3.95. The predicted octanol–water partition coefficient (Wildman–Crippen LogP) is 4.42. The van der Waals surface area contributed by atoms with Crippen molar-refractivity contribution in [2.75, 3.05) is 5.32 Å². The highest BCUT2D eigenvalue weighted by Crippen LogP contribution is 2.17. The van der Waals surface area contributed by atoms with E-state index >= 15 is 0 Å². The number of rotatable bonds is 6. The molecule has 0 aliphatic rings. The average Bonchev–Trinajstić information content (AvgIpc) is 3.11. The van der Waals surface area contributed by atoms with Gasteiger partial charge in [-0.05, 0) is 43.2 Å². The zero-order chi connectivity index (χ0) is 19.9. The van der Waals surface area contributed by atoms with Crippen LogP contribution in [0.1, 0.15) is 22.5 Å². The molecule has 0 fully saturated rings. The largest absolute Gasteiger partial charge is 0.489 e. The molecule has 0 spiro atoms. The number of hydrogen-bond donors (Lipinski definition) is 1. The van der Waals surface area contributed by atoms with Gasteiger partial charge in [-0.25, -0.2) is 0 Å². The zero-order valence-electron chi connectivity index (χ0n) is 15.6. The van der Waals surface area contributed by atoms with E-state index < -0.39 is 5.91 Å². The number of anilines is 1. The normalized spacial score (nSPS) is 11.0. The standard InChI is InChI=1S/C22H19N3O3/c1-15-3-5-18(6-4-15)14-27-20-9-7-17(8-10-20)12-19(13-23)22(26)24-21-11-16(2)28-25-21/h3-12H,14H2,1-2H3,(H,24,25,26). The average molecular weight is 373 g/mol. The van der Waals surface area contributed by atoms with E-state index in [0.717, 1.165) is 5.56 Å². The first-order valence-corrected chi connectivity index (χ1v) is 8.68. The molecule has 1 amide bonds. The Balaban J connectivity index is 1.63. The monoisotopic (exact) mass is 373 g/mol. The number of benzene rings is 2. The summed E-state index contributed by atoms with van der Waals surface area (Å²) in [6.07, 6.45) is 1.51. The molecular weight excluding hydrogens is 354 g/mol. The lowest BCUT2D eigenvalue weighted by molar-refractivity contribution is -0.112. The molecule has 140 valence electrons. The van der Waals surface area contributed by atoms with Crippen LogP contribution in [0, 0.1) is 25.2 Å². The summed E-state index contributed by atoms with van der Waals surface area (Å²) in [5.41, 5.74) is 2.97. The maximum Gasteiger partial charge on any atom is 0.267 e. The fraction of sp³-hybridized carbons (Fsp3) is 0.136. The molecule has 28 heavy (non-hydrogen) atoms. The minimum Gasteiger partial charge on any atom is -0.489 e. The number of nitriles is 1. The molecule has 6 heteroatoms. The van der Waals surface area contributed by atoms with Crippen LogP contribution in [0.15, 0.2) is 64.7 Å². The molecule has 6 nitrogen and oxygen atoms in total. The van der Waals surface area contributed by atoms with Crippen LogP contribution in [0.2, 0.25) is 0 Å². The third kappa shape index (κ3) is 5.08. The molecule has 0 saturated heterocycles. The molecule has 0 aliphatic carbocycles. The minimum atomic E-state index is -0.546. The van der Waals surface area contributed by atoms with Crippen LogP contribution in [-0.2, 0) is 11.4 Å². The summed E-state index contributed by atoms with van der Waals surface area (Å²) in [4.78, 5) is 12.2. The van der Waals surface area contributed by atoms with Crippen LogP contribution in [0.4, 0.5) is 5.82 Å². The zero-order valence-corrected chi connectivity index (χ0v) is 15.6. The van der Waals surface area contributed by atoms with Crippen LogP contribution >= 0.6 is 0 Å². The fourth-order valence-corrected chi connectivity index (χ4v) is 2.44. The van der Waals surface area contributed by atoms with Gasteiger partial charge in [-0.3, -0.25) is 4.79 Å². The number of aromatic nitrogens is 1. The summed E-state index contributed by atoms with van der Waals surface area (Å²) in [6, 6.07) is 18.8. The molecule has 0 bridgehead atoms. The predicted molar refractivity (Wildman–Crippen MR) is 105 cm³/mol. The lowest BCUT2D eigenvalue weighted by Crippen LogP contribution is -2.13. The van der Waals surface area contributed by atoms with Crippen molar-refractivity contribution in [3.8, 4) is 11.8 Å². The molecular formula is C22H19N3O3. The molecule has 1 heterocycles. The highest BCUT2D eigenvalue weighted by molar-refractivity contribution is 6.09. The lowest BCUT2D eigenvalue weighted by Gasteiger charge is -2.07. The van der Waals surface area contributed by atoms with E-state index in [2.05, 4.69) is 10.5 Å². The van der Waals surface area contributed by atoms with Gasteiger partial charge in [0.15, 0.2) is 5.82 Å². The van der Waals surface area contributed by atoms with Crippen LogP contribution in [0.25, 0.3) is 6.08 Å². The van der Waals surface area contributed by atoms with E-state index in [1.54, 1.807) is 37.3 Å². The molecule has 0 radical (unpaired) electrons. The van der Waals surface area contributed by atoms with Crippen molar-refractivity contribution in [1.29, 1.82) is 5.26 Å². The molecule has 1 N–H and O–H groups in total. The fourth-order valence-electron chi connectivity index (χ4n) is 2.44. The van der Waals surface area contributed by atoms with Crippen molar-refractivity contribution >= 4 is 17.8 Å². The lowest BCUT2D eigenvalue weighted by atomic mass is 10.1. The van der Waals surface area contributed by atoms with Crippen molar-refractivity contribution in [3.05, 3.63) is 82.6 Å². The molecule has 0 unspecified atom stereocenters. The van der Waals surface area contributed by atoms with E-state index in [0.29, 0.717) is 23.7 Å². The van der Waals surface area contributed by atoms with Gasteiger partial charge in [0.1, 0.15) is 29.8 Å². The summed E-state index contributed by atoms with van der Waals surface area (Å²) in [5.74, 6) is 0.997. The van der Waals surface area contributed by atoms with Crippen LogP contribution in [0.3, 0.4) is 0 Å². The first-order chi connectivity index (χ1) is 13.5. The van der Waals surface area contributed by atoms with Gasteiger partial charge in [0.2, 0.25) is 0 Å². The second kappa shape index (κ2) is 8.69. The van der Waals surface area contributed by atoms with Crippen molar-refractivity contribution in [1.82, 2.24) is 5.16 Å². The van der Waals surface area contributed by atoms with Gasteiger partial charge >= 0.3 is 0 Å². The van der Waals surface area contributed by atoms with Gasteiger partial charge in [0.25, 0.3) is 5.91 Å². The second-order valence-electron chi connectivity index (χ2n) is 6.29. The Morgan fingerprint density at radius 2 is 1.89 bits per heavy atom. The number of aryl methyl sites for hydroxylation is 2. The van der Waals surface area contributed by atoms with E-state index in [1.165, 1.54) is 11.6 Å². The maximum absolute atomic E-state index is 12.2. The summed E-state index contributed by atoms with van der Waals surface area (Å²) in [6.45, 7) is 4.23. The van der Waals surface area contributed by atoms with E-state index in [9.17, 15) is 10.1 Å². The van der Waals surface area contributed by atoms with Crippen molar-refractivity contribution in [2.45, 2.75) is 20.5 Å². The number of hydrogen-bond acceptors (Lipinski definition) is 5. The SMILES string of the molecule is Cc1ccc(COc2ccc(C=C(C#N)C(=O)Nc3cc(C)on3)cc2)cc1. The molecule has 0 atom stereocenters. The van der Waals surface area contributed by atoms with Gasteiger partial charge in [0, 0.05) is 6.07 Å². The molecule has 1 aromatic heterocycles. The molecule has 3 rings (SSSR count). The van der Waals surface area contributed by atoms with Gasteiger partial charge < -0.3 is 14.6 Å². The Kier molecular flexibility index (Phi) is 5.87. The quantitative estimate of drug-likeness (QED) is 0.510. The van der Waals surface area contributed by atoms with E-state index in [-0.39, 0.29) is 11.4 Å². The number of ether oxygens (including phenoxy) is 1. The number of nitrogens with one attached hydrogen (secondary N) is 1. The summed E-state index contributed by atoms with van der Waals surface area (Å²) < 4.78 is 10.7. The number of carbonyl (C=O) groups excluding carboxylic acids is 1. The second-order valence-corrected chi connectivity index (χ2v) is 6.29. The first-order valence-electron chi connectivity index (χ1n) is 8.68. The number of carbonyl (C=O) groups is 1. The van der Waals surface area contributed by atoms with E-state index in [1.807, 2.05) is 37.3 Å². The van der Waals surface area contributed by atoms with Crippen molar-refractivity contribution < 1.29 is 14.1 Å². The van der Waals surface area contributed by atoms with Crippen LogP contribution in [-0.4, -0.2) is 11.1 Å². The Labute approximate surface area is 163 Å². The molecule has 0 saturated carbocycles. The topological polar surface area (TPSA) is 88.1 Å². The molecule has 3 aromatic rings. The third-order valence-electron chi connectivity index (χ3n) is 3.95. The van der Waals surface area contributed by atoms with Gasteiger partial charge in [-0.2, -0.15) is 5.26 Å². The maximum atomic E-state index is 12.2. The van der Waals surface area contributed by atoms with E-state index in [4.69, 9.17) is 9.26 Å². The summed E-state index contributed by atoms with van der Waals surface area (Å²) >= 11 is 0. The van der Waals surface area contributed by atoms with Gasteiger partial charge in [-0.1, -0.05) is 47.1 Å². The van der Waals surface area contributed by atoms with Crippen molar-refractivity contribution in [3.63, 3.8) is 0 Å².